The number of rotatable bonds is 1. The smallest absolute Gasteiger partial charge is 0.0998 e. The van der Waals surface area contributed by atoms with E-state index in [1.165, 1.54) is 0 Å². The minimum absolute atomic E-state index is 0.625. The highest BCUT2D eigenvalue weighted by molar-refractivity contribution is 6.30. The maximum atomic E-state index is 8.94. The van der Waals surface area contributed by atoms with Crippen LogP contribution in [0.5, 0.6) is 0 Å². The molecule has 0 aromatic heterocycles. The van der Waals surface area contributed by atoms with Gasteiger partial charge in [0, 0.05) is 5.02 Å². The van der Waals surface area contributed by atoms with Gasteiger partial charge in [0.15, 0.2) is 0 Å². The van der Waals surface area contributed by atoms with Crippen LogP contribution in [0.3, 0.4) is 0 Å². The molecule has 0 unspecified atom stereocenters. The third kappa shape index (κ3) is 2.01. The second-order valence-corrected chi connectivity index (χ2v) is 3.53. The first-order chi connectivity index (χ1) is 7.31. The summed E-state index contributed by atoms with van der Waals surface area (Å²) in [4.78, 5) is 0. The van der Waals surface area contributed by atoms with Crippen molar-refractivity contribution in [3.05, 3.63) is 59.1 Å². The zero-order valence-electron chi connectivity index (χ0n) is 7.87. The lowest BCUT2D eigenvalue weighted by Gasteiger charge is -2.03. The van der Waals surface area contributed by atoms with Crippen LogP contribution in [0.15, 0.2) is 42.5 Å². The van der Waals surface area contributed by atoms with Crippen LogP contribution in [0.4, 0.5) is 0 Å². The van der Waals surface area contributed by atoms with E-state index in [-0.39, 0.29) is 0 Å². The van der Waals surface area contributed by atoms with E-state index in [1.807, 2.05) is 30.3 Å². The van der Waals surface area contributed by atoms with Crippen LogP contribution >= 0.6 is 11.6 Å². The van der Waals surface area contributed by atoms with Gasteiger partial charge in [-0.3, -0.25) is 0 Å². The highest BCUT2D eigenvalue weighted by Crippen LogP contribution is 2.24. The fraction of sp³-hybridized carbons (Fsp3) is 0. The summed E-state index contributed by atoms with van der Waals surface area (Å²) >= 11 is 5.80. The Morgan fingerprint density at radius 2 is 1.87 bits per heavy atom. The molecule has 0 saturated heterocycles. The van der Waals surface area contributed by atoms with Gasteiger partial charge in [-0.15, -0.1) is 0 Å². The Bertz CT molecular complexity index is 509. The average Bonchev–Trinajstić information content (AvgIpc) is 2.30. The molecule has 0 aliphatic heterocycles. The average molecular weight is 213 g/mol. The molecule has 71 valence electrons. The molecule has 2 rings (SSSR count). The summed E-state index contributed by atoms with van der Waals surface area (Å²) in [5.41, 5.74) is 2.53. The first-order valence-corrected chi connectivity index (χ1v) is 4.85. The molecular formula is C13H7ClN. The molecule has 0 atom stereocenters. The van der Waals surface area contributed by atoms with Crippen molar-refractivity contribution in [3.63, 3.8) is 0 Å². The van der Waals surface area contributed by atoms with Gasteiger partial charge in [-0.05, 0) is 35.4 Å². The van der Waals surface area contributed by atoms with E-state index in [1.54, 1.807) is 12.1 Å². The van der Waals surface area contributed by atoms with Gasteiger partial charge in [0.2, 0.25) is 0 Å². The molecule has 2 aromatic rings. The molecule has 0 saturated carbocycles. The third-order valence-electron chi connectivity index (χ3n) is 2.14. The third-order valence-corrected chi connectivity index (χ3v) is 2.39. The Labute approximate surface area is 93.5 Å². The first-order valence-electron chi connectivity index (χ1n) is 4.47. The zero-order chi connectivity index (χ0) is 10.7. The maximum absolute atomic E-state index is 8.94. The molecule has 0 bridgehead atoms. The van der Waals surface area contributed by atoms with Gasteiger partial charge in [-0.2, -0.15) is 5.26 Å². The van der Waals surface area contributed by atoms with Gasteiger partial charge in [-0.1, -0.05) is 35.9 Å². The molecule has 15 heavy (non-hydrogen) atoms. The topological polar surface area (TPSA) is 23.8 Å². The first kappa shape index (κ1) is 9.76. The standard InChI is InChI=1S/C13H7ClN/c14-12-7-5-10(6-8-12)13-4-2-1-3-11(13)9-15/h2-8H. The van der Waals surface area contributed by atoms with Gasteiger partial charge in [0.25, 0.3) is 0 Å². The molecule has 0 fully saturated rings. The molecule has 0 heterocycles. The van der Waals surface area contributed by atoms with E-state index in [0.717, 1.165) is 11.1 Å². The summed E-state index contributed by atoms with van der Waals surface area (Å²) in [6.45, 7) is 0. The zero-order valence-corrected chi connectivity index (χ0v) is 8.62. The van der Waals surface area contributed by atoms with Crippen molar-refractivity contribution < 1.29 is 0 Å². The lowest BCUT2D eigenvalue weighted by Crippen LogP contribution is -1.83. The highest BCUT2D eigenvalue weighted by Gasteiger charge is 2.02. The minimum atomic E-state index is 0.625. The lowest BCUT2D eigenvalue weighted by molar-refractivity contribution is 1.47. The fourth-order valence-corrected chi connectivity index (χ4v) is 1.53. The molecule has 0 aliphatic carbocycles. The van der Waals surface area contributed by atoms with Gasteiger partial charge >= 0.3 is 0 Å². The number of hydrogen-bond acceptors (Lipinski definition) is 1. The second-order valence-electron chi connectivity index (χ2n) is 3.09. The summed E-state index contributed by atoms with van der Waals surface area (Å²) in [5, 5.41) is 9.63. The molecular weight excluding hydrogens is 206 g/mol. The van der Waals surface area contributed by atoms with Crippen molar-refractivity contribution in [1.29, 1.82) is 5.26 Å². The minimum Gasteiger partial charge on any atom is -0.192 e. The van der Waals surface area contributed by atoms with E-state index < -0.39 is 0 Å². The highest BCUT2D eigenvalue weighted by atomic mass is 35.5. The van der Waals surface area contributed by atoms with Crippen LogP contribution in [0.25, 0.3) is 11.1 Å². The monoisotopic (exact) mass is 212 g/mol. The Hall–Kier alpha value is -1.78. The second kappa shape index (κ2) is 4.16. The van der Waals surface area contributed by atoms with Gasteiger partial charge in [-0.25, -0.2) is 0 Å². The Balaban J connectivity index is 2.55. The Morgan fingerprint density at radius 1 is 1.13 bits per heavy atom. The van der Waals surface area contributed by atoms with E-state index in [2.05, 4.69) is 12.1 Å². The van der Waals surface area contributed by atoms with Gasteiger partial charge in [0.1, 0.15) is 0 Å². The van der Waals surface area contributed by atoms with Crippen molar-refractivity contribution in [2.75, 3.05) is 0 Å². The van der Waals surface area contributed by atoms with Crippen molar-refractivity contribution in [1.82, 2.24) is 0 Å². The predicted molar refractivity (Wildman–Crippen MR) is 60.4 cm³/mol. The molecule has 0 spiro atoms. The summed E-state index contributed by atoms with van der Waals surface area (Å²) in [6.07, 6.45) is 0. The van der Waals surface area contributed by atoms with Crippen molar-refractivity contribution in [3.8, 4) is 17.2 Å². The number of benzene rings is 2. The maximum Gasteiger partial charge on any atom is 0.0998 e. The van der Waals surface area contributed by atoms with Crippen molar-refractivity contribution >= 4 is 11.6 Å². The van der Waals surface area contributed by atoms with E-state index >= 15 is 0 Å². The molecule has 2 heteroatoms. The van der Waals surface area contributed by atoms with Crippen molar-refractivity contribution in [2.24, 2.45) is 0 Å². The number of halogens is 1. The summed E-state index contributed by atoms with van der Waals surface area (Å²) in [7, 11) is 0. The number of nitriles is 1. The van der Waals surface area contributed by atoms with Crippen LogP contribution in [-0.4, -0.2) is 0 Å². The molecule has 1 nitrogen and oxygen atoms in total. The van der Waals surface area contributed by atoms with Crippen LogP contribution in [0, 0.1) is 17.4 Å². The van der Waals surface area contributed by atoms with Crippen LogP contribution in [0.2, 0.25) is 5.02 Å². The normalized spacial score (nSPS) is 9.60. The molecule has 0 N–H and O–H groups in total. The van der Waals surface area contributed by atoms with Gasteiger partial charge in [0.05, 0.1) is 11.6 Å². The van der Waals surface area contributed by atoms with Gasteiger partial charge < -0.3 is 0 Å². The largest absolute Gasteiger partial charge is 0.192 e. The predicted octanol–water partition coefficient (Wildman–Crippen LogP) is 3.68. The van der Waals surface area contributed by atoms with Crippen LogP contribution in [-0.2, 0) is 0 Å². The summed E-state index contributed by atoms with van der Waals surface area (Å²) in [6, 6.07) is 17.8. The number of hydrogen-bond donors (Lipinski definition) is 0. The van der Waals surface area contributed by atoms with E-state index in [0.29, 0.717) is 10.6 Å². The lowest BCUT2D eigenvalue weighted by atomic mass is 10.0. The molecule has 0 aliphatic rings. The quantitative estimate of drug-likeness (QED) is 0.708. The van der Waals surface area contributed by atoms with Crippen LogP contribution < -0.4 is 0 Å². The number of nitrogens with zero attached hydrogens (tertiary/aromatic N) is 1. The SMILES string of the molecule is N#Cc1c[c]ccc1-c1ccc(Cl)cc1. The molecule has 0 amide bonds. The summed E-state index contributed by atoms with van der Waals surface area (Å²) in [5.74, 6) is 0. The fourth-order valence-electron chi connectivity index (χ4n) is 1.40. The Morgan fingerprint density at radius 3 is 2.53 bits per heavy atom. The van der Waals surface area contributed by atoms with E-state index in [4.69, 9.17) is 16.9 Å². The van der Waals surface area contributed by atoms with Crippen molar-refractivity contribution in [2.45, 2.75) is 0 Å². The van der Waals surface area contributed by atoms with Crippen LogP contribution in [0.1, 0.15) is 5.56 Å². The summed E-state index contributed by atoms with van der Waals surface area (Å²) < 4.78 is 0. The molecule has 1 radical (unpaired) electrons. The Kier molecular flexibility index (Phi) is 2.71. The van der Waals surface area contributed by atoms with E-state index in [9.17, 15) is 0 Å². The molecule has 2 aromatic carbocycles.